The molecule has 0 atom stereocenters. The lowest BCUT2D eigenvalue weighted by Crippen LogP contribution is -2.10. The first-order valence-electron chi connectivity index (χ1n) is 16.6. The number of hydrogen-bond acceptors (Lipinski definition) is 3. The summed E-state index contributed by atoms with van der Waals surface area (Å²) in [6.07, 6.45) is 0. The van der Waals surface area contributed by atoms with Crippen molar-refractivity contribution in [3.05, 3.63) is 176 Å². The molecule has 0 N–H and O–H groups in total. The highest BCUT2D eigenvalue weighted by atomic mass is 16.3. The van der Waals surface area contributed by atoms with Crippen molar-refractivity contribution in [3.8, 4) is 22.3 Å². The molecule has 0 aliphatic rings. The molecular formula is C46H29NO2. The summed E-state index contributed by atoms with van der Waals surface area (Å²) >= 11 is 0. The van der Waals surface area contributed by atoms with Gasteiger partial charge >= 0.3 is 0 Å². The van der Waals surface area contributed by atoms with Gasteiger partial charge in [0.05, 0.1) is 0 Å². The van der Waals surface area contributed by atoms with E-state index in [4.69, 9.17) is 8.83 Å². The quantitative estimate of drug-likeness (QED) is 0.190. The van der Waals surface area contributed by atoms with Crippen molar-refractivity contribution in [1.82, 2.24) is 0 Å². The molecule has 10 aromatic rings. The van der Waals surface area contributed by atoms with E-state index in [-0.39, 0.29) is 0 Å². The van der Waals surface area contributed by atoms with Crippen LogP contribution in [0.3, 0.4) is 0 Å². The molecule has 0 unspecified atom stereocenters. The standard InChI is InChI=1S/C46H29NO2/c1-2-14-36-30(10-1)11-8-17-37(36)32-12-7-13-34(28-32)47(35-26-27-41-39-15-3-5-20-43(39)48-45(41)29-35)33-24-22-31(23-25-33)38-18-9-19-42-40-16-4-6-21-44(40)49-46(38)42/h1-29H. The highest BCUT2D eigenvalue weighted by Crippen LogP contribution is 2.42. The van der Waals surface area contributed by atoms with Gasteiger partial charge in [-0.1, -0.05) is 121 Å². The Bertz CT molecular complexity index is 2830. The molecule has 0 bridgehead atoms. The van der Waals surface area contributed by atoms with E-state index in [0.717, 1.165) is 77.6 Å². The first-order chi connectivity index (χ1) is 24.3. The molecule has 0 radical (unpaired) electrons. The Morgan fingerprint density at radius 2 is 0.918 bits per heavy atom. The van der Waals surface area contributed by atoms with Gasteiger partial charge < -0.3 is 13.7 Å². The Labute approximate surface area is 282 Å². The maximum Gasteiger partial charge on any atom is 0.143 e. The largest absolute Gasteiger partial charge is 0.456 e. The predicted octanol–water partition coefficient (Wildman–Crippen LogP) is 13.4. The van der Waals surface area contributed by atoms with Gasteiger partial charge in [0.1, 0.15) is 22.3 Å². The van der Waals surface area contributed by atoms with Crippen molar-refractivity contribution in [3.63, 3.8) is 0 Å². The molecular weight excluding hydrogens is 599 g/mol. The molecule has 0 amide bonds. The van der Waals surface area contributed by atoms with Crippen LogP contribution in [0.25, 0.3) is 76.9 Å². The summed E-state index contributed by atoms with van der Waals surface area (Å²) in [4.78, 5) is 2.31. The van der Waals surface area contributed by atoms with Crippen LogP contribution in [0.15, 0.2) is 185 Å². The van der Waals surface area contributed by atoms with Crippen LogP contribution in [0.1, 0.15) is 0 Å². The molecule has 49 heavy (non-hydrogen) atoms. The van der Waals surface area contributed by atoms with E-state index in [2.05, 4.69) is 157 Å². The molecule has 10 rings (SSSR count). The van der Waals surface area contributed by atoms with Gasteiger partial charge in [0.2, 0.25) is 0 Å². The lowest BCUT2D eigenvalue weighted by Gasteiger charge is -2.26. The summed E-state index contributed by atoms with van der Waals surface area (Å²) in [5, 5.41) is 6.96. The Hall–Kier alpha value is -6.58. The first kappa shape index (κ1) is 27.5. The zero-order chi connectivity index (χ0) is 32.3. The lowest BCUT2D eigenvalue weighted by atomic mass is 9.97. The molecule has 0 aliphatic carbocycles. The Kier molecular flexibility index (Phi) is 6.18. The summed E-state index contributed by atoms with van der Waals surface area (Å²) in [5.74, 6) is 0. The van der Waals surface area contributed by atoms with Gasteiger partial charge in [0.25, 0.3) is 0 Å². The third-order valence-corrected chi connectivity index (χ3v) is 9.67. The van der Waals surface area contributed by atoms with Crippen LogP contribution in [-0.2, 0) is 0 Å². The number of rotatable bonds is 5. The van der Waals surface area contributed by atoms with Gasteiger partial charge in [-0.15, -0.1) is 0 Å². The number of nitrogens with zero attached hydrogens (tertiary/aromatic N) is 1. The Morgan fingerprint density at radius 1 is 0.327 bits per heavy atom. The van der Waals surface area contributed by atoms with E-state index in [0.29, 0.717) is 0 Å². The van der Waals surface area contributed by atoms with Crippen molar-refractivity contribution in [2.45, 2.75) is 0 Å². The van der Waals surface area contributed by atoms with E-state index >= 15 is 0 Å². The van der Waals surface area contributed by atoms with Gasteiger partial charge in [0.15, 0.2) is 0 Å². The van der Waals surface area contributed by atoms with Crippen molar-refractivity contribution >= 4 is 71.7 Å². The number of fused-ring (bicyclic) bond motifs is 7. The molecule has 0 saturated heterocycles. The molecule has 3 heteroatoms. The number of anilines is 3. The maximum atomic E-state index is 6.39. The fourth-order valence-electron chi connectivity index (χ4n) is 7.36. The van der Waals surface area contributed by atoms with E-state index in [1.54, 1.807) is 0 Å². The monoisotopic (exact) mass is 627 g/mol. The van der Waals surface area contributed by atoms with Crippen molar-refractivity contribution in [1.29, 1.82) is 0 Å². The van der Waals surface area contributed by atoms with Crippen molar-refractivity contribution in [2.24, 2.45) is 0 Å². The van der Waals surface area contributed by atoms with Crippen LogP contribution >= 0.6 is 0 Å². The minimum absolute atomic E-state index is 0.863. The van der Waals surface area contributed by atoms with Gasteiger partial charge in [-0.2, -0.15) is 0 Å². The summed E-state index contributed by atoms with van der Waals surface area (Å²) < 4.78 is 12.7. The smallest absolute Gasteiger partial charge is 0.143 e. The topological polar surface area (TPSA) is 29.5 Å². The van der Waals surface area contributed by atoms with E-state index in [9.17, 15) is 0 Å². The third-order valence-electron chi connectivity index (χ3n) is 9.67. The van der Waals surface area contributed by atoms with Gasteiger partial charge in [-0.05, 0) is 76.0 Å². The van der Waals surface area contributed by atoms with Crippen molar-refractivity contribution in [2.75, 3.05) is 4.90 Å². The second-order valence-corrected chi connectivity index (χ2v) is 12.5. The highest BCUT2D eigenvalue weighted by Gasteiger charge is 2.18. The van der Waals surface area contributed by atoms with Crippen LogP contribution in [0.4, 0.5) is 17.1 Å². The second-order valence-electron chi connectivity index (χ2n) is 12.5. The molecule has 2 aromatic heterocycles. The molecule has 8 aromatic carbocycles. The van der Waals surface area contributed by atoms with E-state index in [1.807, 2.05) is 24.3 Å². The van der Waals surface area contributed by atoms with E-state index < -0.39 is 0 Å². The SMILES string of the molecule is c1cc(-c2cccc3ccccc23)cc(N(c2ccc(-c3cccc4c3oc3ccccc34)cc2)c2ccc3c(c2)oc2ccccc23)c1. The fourth-order valence-corrected chi connectivity index (χ4v) is 7.36. The van der Waals surface area contributed by atoms with Crippen LogP contribution in [0.5, 0.6) is 0 Å². The predicted molar refractivity (Wildman–Crippen MR) is 204 cm³/mol. The molecule has 0 fully saturated rings. The second kappa shape index (κ2) is 11.0. The third kappa shape index (κ3) is 4.51. The number of hydrogen-bond donors (Lipinski definition) is 0. The molecule has 3 nitrogen and oxygen atoms in total. The molecule has 0 spiro atoms. The molecule has 0 saturated carbocycles. The number of benzene rings is 8. The van der Waals surface area contributed by atoms with Crippen LogP contribution in [0, 0.1) is 0 Å². The molecule has 2 heterocycles. The zero-order valence-electron chi connectivity index (χ0n) is 26.5. The zero-order valence-corrected chi connectivity index (χ0v) is 26.5. The Morgan fingerprint density at radius 3 is 1.78 bits per heavy atom. The summed E-state index contributed by atoms with van der Waals surface area (Å²) in [6, 6.07) is 62.1. The van der Waals surface area contributed by atoms with Gasteiger partial charge in [-0.3, -0.25) is 0 Å². The fraction of sp³-hybridized carbons (Fsp3) is 0. The van der Waals surface area contributed by atoms with Crippen molar-refractivity contribution < 1.29 is 8.83 Å². The van der Waals surface area contributed by atoms with E-state index in [1.165, 1.54) is 16.3 Å². The van der Waals surface area contributed by atoms with Crippen LogP contribution < -0.4 is 4.90 Å². The molecule has 0 aliphatic heterocycles. The number of para-hydroxylation sites is 3. The minimum atomic E-state index is 0.863. The molecule has 230 valence electrons. The van der Waals surface area contributed by atoms with Gasteiger partial charge in [-0.25, -0.2) is 0 Å². The van der Waals surface area contributed by atoms with Crippen LogP contribution in [-0.4, -0.2) is 0 Å². The maximum absolute atomic E-state index is 6.39. The minimum Gasteiger partial charge on any atom is -0.456 e. The highest BCUT2D eigenvalue weighted by molar-refractivity contribution is 6.10. The van der Waals surface area contributed by atoms with Crippen LogP contribution in [0.2, 0.25) is 0 Å². The average molecular weight is 628 g/mol. The normalized spacial score (nSPS) is 11.7. The average Bonchev–Trinajstić information content (AvgIpc) is 3.73. The summed E-state index contributed by atoms with van der Waals surface area (Å²) in [6.45, 7) is 0. The van der Waals surface area contributed by atoms with Gasteiger partial charge in [0, 0.05) is 50.2 Å². The number of furan rings is 2. The summed E-state index contributed by atoms with van der Waals surface area (Å²) in [5.41, 5.74) is 11.3. The Balaban J connectivity index is 1.13. The lowest BCUT2D eigenvalue weighted by molar-refractivity contribution is 0.669. The first-order valence-corrected chi connectivity index (χ1v) is 16.6. The summed E-state index contributed by atoms with van der Waals surface area (Å²) in [7, 11) is 0.